The maximum Gasteiger partial charge on any atom is 0.340 e. The molecule has 0 unspecified atom stereocenters. The van der Waals surface area contributed by atoms with Gasteiger partial charge in [-0.25, -0.2) is 4.79 Å². The van der Waals surface area contributed by atoms with Crippen LogP contribution in [0.5, 0.6) is 0 Å². The summed E-state index contributed by atoms with van der Waals surface area (Å²) < 4.78 is 4.75. The summed E-state index contributed by atoms with van der Waals surface area (Å²) >= 11 is 6.21. The fourth-order valence-electron chi connectivity index (χ4n) is 1.98. The second-order valence-electron chi connectivity index (χ2n) is 4.36. The molecule has 0 aromatic heterocycles. The topological polar surface area (TPSA) is 84.7 Å². The smallest absolute Gasteiger partial charge is 0.340 e. The third-order valence-electron chi connectivity index (χ3n) is 2.90. The number of anilines is 2. The molecule has 0 spiro atoms. The predicted molar refractivity (Wildman–Crippen MR) is 83.8 cm³/mol. The number of nitrogen functional groups attached to an aromatic ring is 1. The lowest BCUT2D eigenvalue weighted by Gasteiger charge is -2.25. The van der Waals surface area contributed by atoms with Gasteiger partial charge in [0.15, 0.2) is 0 Å². The van der Waals surface area contributed by atoms with E-state index in [1.165, 1.54) is 13.2 Å². The highest BCUT2D eigenvalue weighted by Crippen LogP contribution is 2.33. The number of methoxy groups -OCH3 is 1. The Balaban J connectivity index is 3.24. The molecule has 21 heavy (non-hydrogen) atoms. The quantitative estimate of drug-likeness (QED) is 0.616. The summed E-state index contributed by atoms with van der Waals surface area (Å²) in [4.78, 5) is 25.4. The maximum absolute atomic E-state index is 11.9. The largest absolute Gasteiger partial charge is 0.465 e. The molecule has 0 atom stereocenters. The first-order valence-corrected chi connectivity index (χ1v) is 7.01. The summed E-state index contributed by atoms with van der Waals surface area (Å²) in [5.74, 6) is -0.698. The second kappa shape index (κ2) is 7.73. The molecule has 0 heterocycles. The summed E-state index contributed by atoms with van der Waals surface area (Å²) in [6.07, 6.45) is 0. The van der Waals surface area contributed by atoms with Crippen molar-refractivity contribution >= 4 is 34.9 Å². The molecule has 116 valence electrons. The van der Waals surface area contributed by atoms with Gasteiger partial charge in [-0.05, 0) is 26.0 Å². The molecule has 1 aromatic carbocycles. The first-order chi connectivity index (χ1) is 9.94. The average molecular weight is 314 g/mol. The summed E-state index contributed by atoms with van der Waals surface area (Å²) in [5, 5.41) is 3.02. The number of nitrogens with two attached hydrogens (primary N) is 1. The Morgan fingerprint density at radius 3 is 2.57 bits per heavy atom. The van der Waals surface area contributed by atoms with Crippen molar-refractivity contribution in [2.75, 3.05) is 37.4 Å². The molecular weight excluding hydrogens is 294 g/mol. The van der Waals surface area contributed by atoms with Gasteiger partial charge in [0.2, 0.25) is 5.91 Å². The lowest BCUT2D eigenvalue weighted by Crippen LogP contribution is -2.38. The lowest BCUT2D eigenvalue weighted by molar-refractivity contribution is -0.119. The number of carbonyl (C=O) groups is 2. The van der Waals surface area contributed by atoms with Gasteiger partial charge in [0.1, 0.15) is 0 Å². The van der Waals surface area contributed by atoms with E-state index in [0.717, 1.165) is 0 Å². The van der Waals surface area contributed by atoms with E-state index >= 15 is 0 Å². The van der Waals surface area contributed by atoms with Crippen LogP contribution < -0.4 is 16.0 Å². The van der Waals surface area contributed by atoms with Gasteiger partial charge >= 0.3 is 5.97 Å². The molecule has 0 fully saturated rings. The minimum atomic E-state index is -0.548. The monoisotopic (exact) mass is 313 g/mol. The van der Waals surface area contributed by atoms with Gasteiger partial charge in [-0.3, -0.25) is 4.79 Å². The van der Waals surface area contributed by atoms with Gasteiger partial charge in [-0.2, -0.15) is 0 Å². The normalized spacial score (nSPS) is 10.1. The number of hydrogen-bond donors (Lipinski definition) is 2. The van der Waals surface area contributed by atoms with Crippen LogP contribution in [0.3, 0.4) is 0 Å². The highest BCUT2D eigenvalue weighted by Gasteiger charge is 2.22. The number of carbonyl (C=O) groups excluding carboxylic acids is 2. The Kier molecular flexibility index (Phi) is 6.30. The van der Waals surface area contributed by atoms with E-state index < -0.39 is 5.97 Å². The Labute approximate surface area is 129 Å². The van der Waals surface area contributed by atoms with Crippen LogP contribution in [0, 0.1) is 0 Å². The number of amides is 1. The van der Waals surface area contributed by atoms with Crippen molar-refractivity contribution < 1.29 is 14.3 Å². The molecule has 3 N–H and O–H groups in total. The zero-order valence-corrected chi connectivity index (χ0v) is 13.2. The predicted octanol–water partition coefficient (Wildman–Crippen LogP) is 1.67. The van der Waals surface area contributed by atoms with E-state index in [0.29, 0.717) is 29.5 Å². The van der Waals surface area contributed by atoms with Crippen LogP contribution in [-0.2, 0) is 9.53 Å². The zero-order chi connectivity index (χ0) is 16.0. The zero-order valence-electron chi connectivity index (χ0n) is 12.4. The molecule has 0 radical (unpaired) electrons. The maximum atomic E-state index is 11.9. The van der Waals surface area contributed by atoms with Crippen LogP contribution >= 0.6 is 11.6 Å². The molecule has 0 aliphatic rings. The molecule has 6 nitrogen and oxygen atoms in total. The van der Waals surface area contributed by atoms with E-state index in [2.05, 4.69) is 5.32 Å². The van der Waals surface area contributed by atoms with Crippen LogP contribution in [0.4, 0.5) is 11.4 Å². The number of nitrogens with zero attached hydrogens (tertiary/aromatic N) is 1. The van der Waals surface area contributed by atoms with Crippen molar-refractivity contribution in [2.45, 2.75) is 13.8 Å². The first kappa shape index (κ1) is 17.1. The molecule has 0 saturated heterocycles. The van der Waals surface area contributed by atoms with Gasteiger partial charge in [-0.1, -0.05) is 11.6 Å². The van der Waals surface area contributed by atoms with E-state index in [1.807, 2.05) is 13.8 Å². The Bertz CT molecular complexity index is 534. The minimum Gasteiger partial charge on any atom is -0.465 e. The van der Waals surface area contributed by atoms with E-state index in [-0.39, 0.29) is 18.0 Å². The number of benzene rings is 1. The first-order valence-electron chi connectivity index (χ1n) is 6.63. The fourth-order valence-corrected chi connectivity index (χ4v) is 2.33. The number of nitrogens with one attached hydrogen (secondary N) is 1. The van der Waals surface area contributed by atoms with E-state index in [9.17, 15) is 9.59 Å². The molecular formula is C14H20ClN3O3. The summed E-state index contributed by atoms with van der Waals surface area (Å²) in [7, 11) is 1.28. The average Bonchev–Trinajstić information content (AvgIpc) is 2.44. The Morgan fingerprint density at radius 1 is 1.38 bits per heavy atom. The number of ether oxygens (including phenoxy) is 1. The van der Waals surface area contributed by atoms with Crippen LogP contribution in [0.25, 0.3) is 0 Å². The summed E-state index contributed by atoms with van der Waals surface area (Å²) in [5.41, 5.74) is 6.78. The van der Waals surface area contributed by atoms with Crippen molar-refractivity contribution in [1.82, 2.24) is 5.32 Å². The number of hydrogen-bond acceptors (Lipinski definition) is 5. The van der Waals surface area contributed by atoms with E-state index in [4.69, 9.17) is 22.1 Å². The number of halogens is 1. The molecule has 1 amide bonds. The van der Waals surface area contributed by atoms with Crippen molar-refractivity contribution in [3.05, 3.63) is 22.7 Å². The number of likely N-dealkylation sites (N-methyl/N-ethyl adjacent to an activating group) is 2. The molecule has 0 saturated carbocycles. The van der Waals surface area contributed by atoms with Crippen molar-refractivity contribution in [3.63, 3.8) is 0 Å². The van der Waals surface area contributed by atoms with Gasteiger partial charge in [0.05, 0.1) is 29.9 Å². The van der Waals surface area contributed by atoms with Gasteiger partial charge < -0.3 is 20.7 Å². The van der Waals surface area contributed by atoms with Crippen LogP contribution in [0.1, 0.15) is 24.2 Å². The second-order valence-corrected chi connectivity index (χ2v) is 4.77. The van der Waals surface area contributed by atoms with Gasteiger partial charge in [0.25, 0.3) is 0 Å². The van der Waals surface area contributed by atoms with Crippen LogP contribution in [0.2, 0.25) is 5.02 Å². The fraction of sp³-hybridized carbons (Fsp3) is 0.429. The standard InChI is InChI=1S/C14H20ClN3O3/c1-4-17-12(19)8-18(5-2)13-10(14(20)21-3)6-9(16)7-11(13)15/h6-7H,4-5,8,16H2,1-3H3,(H,17,19). The van der Waals surface area contributed by atoms with Crippen LogP contribution in [-0.4, -0.2) is 38.6 Å². The summed E-state index contributed by atoms with van der Waals surface area (Å²) in [6.45, 7) is 4.84. The molecule has 0 aliphatic carbocycles. The molecule has 0 bridgehead atoms. The van der Waals surface area contributed by atoms with Crippen molar-refractivity contribution in [3.8, 4) is 0 Å². The molecule has 0 aliphatic heterocycles. The lowest BCUT2D eigenvalue weighted by atomic mass is 10.1. The third kappa shape index (κ3) is 4.26. The Morgan fingerprint density at radius 2 is 2.05 bits per heavy atom. The summed E-state index contributed by atoms with van der Waals surface area (Å²) in [6, 6.07) is 3.04. The third-order valence-corrected chi connectivity index (χ3v) is 3.19. The van der Waals surface area contributed by atoms with Crippen molar-refractivity contribution in [2.24, 2.45) is 0 Å². The number of rotatable bonds is 6. The van der Waals surface area contributed by atoms with Crippen molar-refractivity contribution in [1.29, 1.82) is 0 Å². The number of esters is 1. The highest BCUT2D eigenvalue weighted by atomic mass is 35.5. The van der Waals surface area contributed by atoms with Gasteiger partial charge in [-0.15, -0.1) is 0 Å². The van der Waals surface area contributed by atoms with Gasteiger partial charge in [0, 0.05) is 18.8 Å². The Hall–Kier alpha value is -1.95. The minimum absolute atomic E-state index is 0.0952. The SMILES string of the molecule is CCNC(=O)CN(CC)c1c(Cl)cc(N)cc1C(=O)OC. The highest BCUT2D eigenvalue weighted by molar-refractivity contribution is 6.34. The molecule has 7 heteroatoms. The van der Waals surface area contributed by atoms with Crippen LogP contribution in [0.15, 0.2) is 12.1 Å². The molecule has 1 rings (SSSR count). The molecule has 1 aromatic rings. The van der Waals surface area contributed by atoms with E-state index in [1.54, 1.807) is 11.0 Å².